The van der Waals surface area contributed by atoms with E-state index >= 15 is 0 Å². The van der Waals surface area contributed by atoms with Crippen LogP contribution < -0.4 is 18.9 Å². The van der Waals surface area contributed by atoms with Crippen molar-refractivity contribution in [1.29, 1.82) is 0 Å². The van der Waals surface area contributed by atoms with Crippen molar-refractivity contribution in [3.63, 3.8) is 0 Å². The third-order valence-corrected chi connectivity index (χ3v) is 16.0. The van der Waals surface area contributed by atoms with Crippen molar-refractivity contribution in [3.8, 4) is 23.0 Å². The summed E-state index contributed by atoms with van der Waals surface area (Å²) in [6, 6.07) is 35.1. The molecule has 0 unspecified atom stereocenters. The largest absolute Gasteiger partial charge is 0.495 e. The van der Waals surface area contributed by atoms with Gasteiger partial charge < -0.3 is 39.0 Å². The molecule has 0 atom stereocenters. The highest BCUT2D eigenvalue weighted by molar-refractivity contribution is 7.92. The number of likely N-dealkylation sites (N-methyl/N-ethyl adjacent to an activating group) is 2. The lowest BCUT2D eigenvalue weighted by Crippen LogP contribution is -2.20. The fraction of sp³-hybridized carbons (Fsp3) is 0.259. The first kappa shape index (κ1) is 54.9. The molecule has 0 spiro atoms. The van der Waals surface area contributed by atoms with E-state index in [1.165, 1.54) is 14.2 Å². The molecule has 0 aromatic heterocycles. The van der Waals surface area contributed by atoms with Crippen molar-refractivity contribution in [3.05, 3.63) is 177 Å². The molecule has 18 heteroatoms. The molecule has 14 nitrogen and oxygen atoms in total. The standard InChI is InChI=1S/2C25H26ClNO4S.C4H4O4/c2*1-27-13-11-19-15-24(30-2)25(16-20(19)12-14-27)32(28,29)23-9-7-22(8-10-23)31-17-18-3-5-21(26)6-4-18;5-3(6)1-2-4(7)8/h2*3-10,15-16H,11-14,17H2,1-2H3;1-2H,(H,5,6)(H,7,8)/b;;2-1-. The lowest BCUT2D eigenvalue weighted by atomic mass is 10.0. The molecule has 380 valence electrons. The zero-order valence-electron chi connectivity index (χ0n) is 40.2. The first-order valence-electron chi connectivity index (χ1n) is 22.7. The molecule has 0 aliphatic carbocycles. The van der Waals surface area contributed by atoms with Gasteiger partial charge in [-0.2, -0.15) is 0 Å². The smallest absolute Gasteiger partial charge is 0.328 e. The van der Waals surface area contributed by atoms with Gasteiger partial charge in [0.15, 0.2) is 0 Å². The molecule has 2 heterocycles. The van der Waals surface area contributed by atoms with Crippen LogP contribution in [0, 0.1) is 0 Å². The van der Waals surface area contributed by atoms with Crippen LogP contribution >= 0.6 is 23.2 Å². The quantitative estimate of drug-likeness (QED) is 0.0983. The number of carboxylic acids is 2. The number of hydrogen-bond donors (Lipinski definition) is 2. The number of halogens is 2. The van der Waals surface area contributed by atoms with Crippen molar-refractivity contribution >= 4 is 54.8 Å². The van der Waals surface area contributed by atoms with Crippen LogP contribution in [0.1, 0.15) is 33.4 Å². The van der Waals surface area contributed by atoms with Crippen LogP contribution in [0.5, 0.6) is 23.0 Å². The lowest BCUT2D eigenvalue weighted by molar-refractivity contribution is -0.134. The van der Waals surface area contributed by atoms with E-state index < -0.39 is 31.6 Å². The predicted molar refractivity (Wildman–Crippen MR) is 276 cm³/mol. The number of carboxylic acid groups (broad SMARTS) is 2. The van der Waals surface area contributed by atoms with Gasteiger partial charge in [-0.15, -0.1) is 0 Å². The number of fused-ring (bicyclic) bond motifs is 2. The first-order chi connectivity index (χ1) is 34.4. The Hall–Kier alpha value is -6.40. The van der Waals surface area contributed by atoms with E-state index in [0.29, 0.717) is 58.4 Å². The average Bonchev–Trinajstić information content (AvgIpc) is 3.68. The predicted octanol–water partition coefficient (Wildman–Crippen LogP) is 9.29. The topological polar surface area (TPSA) is 186 Å². The average molecular weight is 1060 g/mol. The van der Waals surface area contributed by atoms with Gasteiger partial charge in [-0.05, 0) is 170 Å². The molecule has 0 bridgehead atoms. The molecule has 0 fully saturated rings. The number of nitrogens with zero attached hydrogens (tertiary/aromatic N) is 2. The van der Waals surface area contributed by atoms with Crippen LogP contribution in [0.2, 0.25) is 10.0 Å². The Balaban J connectivity index is 0.000000205. The molecule has 2 aliphatic rings. The van der Waals surface area contributed by atoms with E-state index in [0.717, 1.165) is 85.2 Å². The summed E-state index contributed by atoms with van der Waals surface area (Å²) < 4.78 is 76.2. The molecule has 0 saturated heterocycles. The van der Waals surface area contributed by atoms with E-state index in [-0.39, 0.29) is 19.6 Å². The summed E-state index contributed by atoms with van der Waals surface area (Å²) in [5.74, 6) is -0.556. The van der Waals surface area contributed by atoms with Crippen LogP contribution in [0.4, 0.5) is 0 Å². The number of methoxy groups -OCH3 is 2. The maximum absolute atomic E-state index is 13.4. The highest BCUT2D eigenvalue weighted by atomic mass is 35.5. The van der Waals surface area contributed by atoms with E-state index in [2.05, 4.69) is 23.9 Å². The van der Waals surface area contributed by atoms with Gasteiger partial charge in [0.25, 0.3) is 0 Å². The van der Waals surface area contributed by atoms with Crippen LogP contribution in [-0.4, -0.2) is 103 Å². The molecule has 72 heavy (non-hydrogen) atoms. The van der Waals surface area contributed by atoms with Gasteiger partial charge in [0.05, 0.1) is 24.0 Å². The fourth-order valence-corrected chi connectivity index (χ4v) is 10.9. The minimum absolute atomic E-state index is 0.207. The number of aliphatic carboxylic acids is 2. The van der Waals surface area contributed by atoms with Crippen molar-refractivity contribution in [1.82, 2.24) is 9.80 Å². The van der Waals surface area contributed by atoms with E-state index in [4.69, 9.17) is 52.4 Å². The molecular weight excluding hydrogens is 1000 g/mol. The number of rotatable bonds is 14. The zero-order chi connectivity index (χ0) is 52.0. The number of hydrogen-bond acceptors (Lipinski definition) is 12. The second-order valence-electron chi connectivity index (χ2n) is 16.9. The Bertz CT molecular complexity index is 2870. The fourth-order valence-electron chi connectivity index (χ4n) is 7.75. The maximum atomic E-state index is 13.4. The minimum Gasteiger partial charge on any atom is -0.495 e. The van der Waals surface area contributed by atoms with Crippen molar-refractivity contribution in [2.75, 3.05) is 54.5 Å². The highest BCUT2D eigenvalue weighted by Crippen LogP contribution is 2.36. The van der Waals surface area contributed by atoms with Gasteiger partial charge in [0, 0.05) is 48.4 Å². The van der Waals surface area contributed by atoms with Gasteiger partial charge in [-0.1, -0.05) is 47.5 Å². The Morgan fingerprint density at radius 2 is 0.819 bits per heavy atom. The van der Waals surface area contributed by atoms with Crippen LogP contribution in [0.15, 0.2) is 153 Å². The van der Waals surface area contributed by atoms with E-state index in [1.54, 1.807) is 60.7 Å². The summed E-state index contributed by atoms with van der Waals surface area (Å²) in [5.41, 5.74) is 6.39. The molecule has 6 aromatic carbocycles. The summed E-state index contributed by atoms with van der Waals surface area (Å²) in [6.07, 6.45) is 4.50. The summed E-state index contributed by atoms with van der Waals surface area (Å²) in [6.45, 7) is 4.43. The normalized spacial score (nSPS) is 13.9. The van der Waals surface area contributed by atoms with Gasteiger partial charge in [-0.3, -0.25) is 0 Å². The second-order valence-corrected chi connectivity index (χ2v) is 21.6. The Morgan fingerprint density at radius 3 is 1.11 bits per heavy atom. The molecule has 0 amide bonds. The Labute approximate surface area is 430 Å². The minimum atomic E-state index is -3.74. The molecular formula is C54H56Cl2N2O12S2. The Kier molecular flexibility index (Phi) is 19.3. The number of benzene rings is 6. The second kappa shape index (κ2) is 25.3. The molecule has 0 radical (unpaired) electrons. The molecule has 2 aliphatic heterocycles. The van der Waals surface area contributed by atoms with Crippen molar-refractivity contribution in [2.24, 2.45) is 0 Å². The van der Waals surface area contributed by atoms with Crippen molar-refractivity contribution in [2.45, 2.75) is 58.5 Å². The van der Waals surface area contributed by atoms with E-state index in [9.17, 15) is 26.4 Å². The van der Waals surface area contributed by atoms with Crippen LogP contribution in [0.25, 0.3) is 0 Å². The summed E-state index contributed by atoms with van der Waals surface area (Å²) in [4.78, 5) is 24.4. The molecule has 8 rings (SSSR count). The highest BCUT2D eigenvalue weighted by Gasteiger charge is 2.27. The first-order valence-corrected chi connectivity index (χ1v) is 26.4. The molecule has 2 N–H and O–H groups in total. The number of sulfone groups is 2. The lowest BCUT2D eigenvalue weighted by Gasteiger charge is -2.15. The van der Waals surface area contributed by atoms with Gasteiger partial charge >= 0.3 is 11.9 Å². The number of carbonyl (C=O) groups is 2. The zero-order valence-corrected chi connectivity index (χ0v) is 43.4. The monoisotopic (exact) mass is 1060 g/mol. The van der Waals surface area contributed by atoms with Gasteiger partial charge in [-0.25, -0.2) is 26.4 Å². The Morgan fingerprint density at radius 1 is 0.514 bits per heavy atom. The summed E-state index contributed by atoms with van der Waals surface area (Å²) in [7, 11) is -0.292. The summed E-state index contributed by atoms with van der Waals surface area (Å²) in [5, 5.41) is 17.0. The van der Waals surface area contributed by atoms with Gasteiger partial charge in [0.1, 0.15) is 46.0 Å². The maximum Gasteiger partial charge on any atom is 0.328 e. The van der Waals surface area contributed by atoms with Gasteiger partial charge in [0.2, 0.25) is 19.7 Å². The molecule has 6 aromatic rings. The third-order valence-electron chi connectivity index (χ3n) is 11.9. The van der Waals surface area contributed by atoms with Crippen LogP contribution in [0.3, 0.4) is 0 Å². The SMILES string of the molecule is COc1cc2c(cc1S(=O)(=O)c1ccc(OCc3ccc(Cl)cc3)cc1)CCN(C)CC2.COc1cc2c(cc1S(=O)(=O)c1ccc(OCc3ccc(Cl)cc3)cc1)CCN(C)CC2.O=C(O)/C=C\C(=O)O. The van der Waals surface area contributed by atoms with E-state index in [1.807, 2.05) is 60.7 Å². The molecule has 0 saturated carbocycles. The number of ether oxygens (including phenoxy) is 4. The summed E-state index contributed by atoms with van der Waals surface area (Å²) >= 11 is 11.8. The third kappa shape index (κ3) is 15.1. The van der Waals surface area contributed by atoms with Crippen molar-refractivity contribution < 1.29 is 55.6 Å². The van der Waals surface area contributed by atoms with Crippen LogP contribution in [-0.2, 0) is 68.2 Å².